The van der Waals surface area contributed by atoms with Crippen molar-refractivity contribution in [2.45, 2.75) is 32.2 Å². The molecule has 1 fully saturated rings. The second-order valence-corrected chi connectivity index (χ2v) is 4.87. The first-order valence-electron chi connectivity index (χ1n) is 6.30. The average molecular weight is 265 g/mol. The van der Waals surface area contributed by atoms with Crippen molar-refractivity contribution >= 4 is 11.9 Å². The second-order valence-electron chi connectivity index (χ2n) is 4.87. The first-order chi connectivity index (χ1) is 8.99. The first kappa shape index (κ1) is 13.5. The van der Waals surface area contributed by atoms with Crippen LogP contribution in [0.25, 0.3) is 0 Å². The number of amides is 1. The zero-order valence-corrected chi connectivity index (χ0v) is 10.7. The Labute approximate surface area is 110 Å². The minimum atomic E-state index is -0.999. The van der Waals surface area contributed by atoms with Gasteiger partial charge in [0.1, 0.15) is 11.9 Å². The van der Waals surface area contributed by atoms with Crippen LogP contribution in [0.4, 0.5) is 4.39 Å². The van der Waals surface area contributed by atoms with E-state index in [1.807, 2.05) is 0 Å². The van der Waals surface area contributed by atoms with Crippen molar-refractivity contribution in [2.24, 2.45) is 0 Å². The van der Waals surface area contributed by atoms with E-state index in [1.54, 1.807) is 13.0 Å². The molecule has 1 N–H and O–H groups in total. The molecule has 0 aromatic heterocycles. The van der Waals surface area contributed by atoms with E-state index in [9.17, 15) is 14.0 Å². The maximum atomic E-state index is 13.3. The maximum absolute atomic E-state index is 13.3. The highest BCUT2D eigenvalue weighted by Crippen LogP contribution is 2.21. The molecule has 0 aliphatic carbocycles. The average Bonchev–Trinajstić information content (AvgIpc) is 2.36. The minimum Gasteiger partial charge on any atom is -0.480 e. The molecular formula is C14H16FNO3. The van der Waals surface area contributed by atoms with Gasteiger partial charge in [0.2, 0.25) is 0 Å². The van der Waals surface area contributed by atoms with Crippen molar-refractivity contribution < 1.29 is 19.1 Å². The summed E-state index contributed by atoms with van der Waals surface area (Å²) in [6.07, 6.45) is 2.03. The number of hydrogen-bond donors (Lipinski definition) is 1. The van der Waals surface area contributed by atoms with E-state index in [-0.39, 0.29) is 5.56 Å². The molecule has 4 nitrogen and oxygen atoms in total. The minimum absolute atomic E-state index is 0.214. The maximum Gasteiger partial charge on any atom is 0.326 e. The molecule has 2 rings (SSSR count). The van der Waals surface area contributed by atoms with Gasteiger partial charge in [0.05, 0.1) is 0 Å². The standard InChI is InChI=1S/C14H16FNO3/c1-9-6-10(8-11(15)7-9)13(17)16-5-3-2-4-12(16)14(18)19/h6-8,12H,2-5H2,1H3,(H,18,19)/t12-/m0/s1. The predicted molar refractivity (Wildman–Crippen MR) is 67.4 cm³/mol. The number of carboxylic acids is 1. The number of benzene rings is 1. The van der Waals surface area contributed by atoms with E-state index in [1.165, 1.54) is 11.0 Å². The molecule has 1 aromatic carbocycles. The van der Waals surface area contributed by atoms with Crippen LogP contribution < -0.4 is 0 Å². The Balaban J connectivity index is 2.28. The molecule has 0 unspecified atom stereocenters. The number of aliphatic carboxylic acids is 1. The molecule has 1 atom stereocenters. The van der Waals surface area contributed by atoms with Crippen molar-refractivity contribution in [1.82, 2.24) is 4.90 Å². The summed E-state index contributed by atoms with van der Waals surface area (Å²) in [5.41, 5.74) is 0.859. The summed E-state index contributed by atoms with van der Waals surface area (Å²) in [7, 11) is 0. The number of carbonyl (C=O) groups excluding carboxylic acids is 1. The molecule has 0 spiro atoms. The van der Waals surface area contributed by atoms with E-state index in [2.05, 4.69) is 0 Å². The molecule has 0 radical (unpaired) electrons. The Bertz CT molecular complexity index is 495. The highest BCUT2D eigenvalue weighted by Gasteiger charge is 2.32. The van der Waals surface area contributed by atoms with E-state index in [0.29, 0.717) is 18.5 Å². The van der Waals surface area contributed by atoms with Gasteiger partial charge >= 0.3 is 5.97 Å². The van der Waals surface area contributed by atoms with Gasteiger partial charge in [-0.2, -0.15) is 0 Å². The number of nitrogens with zero attached hydrogens (tertiary/aromatic N) is 1. The number of hydrogen-bond acceptors (Lipinski definition) is 2. The fraction of sp³-hybridized carbons (Fsp3) is 0.429. The molecule has 19 heavy (non-hydrogen) atoms. The van der Waals surface area contributed by atoms with Crippen LogP contribution in [0.2, 0.25) is 0 Å². The summed E-state index contributed by atoms with van der Waals surface area (Å²) in [6, 6.07) is 3.27. The Kier molecular flexibility index (Phi) is 3.83. The fourth-order valence-corrected chi connectivity index (χ4v) is 2.46. The van der Waals surface area contributed by atoms with Gasteiger partial charge in [0.25, 0.3) is 5.91 Å². The largest absolute Gasteiger partial charge is 0.480 e. The molecular weight excluding hydrogens is 249 g/mol. The third-order valence-electron chi connectivity index (χ3n) is 3.34. The molecule has 1 heterocycles. The number of carbonyl (C=O) groups is 2. The molecule has 1 aliphatic rings. The third-order valence-corrected chi connectivity index (χ3v) is 3.34. The van der Waals surface area contributed by atoms with Gasteiger partial charge in [-0.1, -0.05) is 0 Å². The van der Waals surface area contributed by atoms with Gasteiger partial charge < -0.3 is 10.0 Å². The molecule has 1 aliphatic heterocycles. The van der Waals surface area contributed by atoms with Crippen LogP contribution in [-0.4, -0.2) is 34.5 Å². The Hall–Kier alpha value is -1.91. The normalized spacial score (nSPS) is 19.3. The number of aryl methyl sites for hydroxylation is 1. The Morgan fingerprint density at radius 2 is 2.05 bits per heavy atom. The molecule has 1 saturated heterocycles. The van der Waals surface area contributed by atoms with E-state index >= 15 is 0 Å². The summed E-state index contributed by atoms with van der Waals surface area (Å²) in [5.74, 6) is -1.89. The van der Waals surface area contributed by atoms with Gasteiger partial charge in [0, 0.05) is 12.1 Å². The van der Waals surface area contributed by atoms with Gasteiger partial charge in [-0.25, -0.2) is 9.18 Å². The highest BCUT2D eigenvalue weighted by molar-refractivity contribution is 5.96. The van der Waals surface area contributed by atoms with E-state index in [0.717, 1.165) is 18.9 Å². The summed E-state index contributed by atoms with van der Waals surface area (Å²) in [5, 5.41) is 9.15. The van der Waals surface area contributed by atoms with Crippen LogP contribution in [0.5, 0.6) is 0 Å². The molecule has 1 aromatic rings. The lowest BCUT2D eigenvalue weighted by Crippen LogP contribution is -2.48. The summed E-state index contributed by atoms with van der Waals surface area (Å²) in [4.78, 5) is 24.8. The van der Waals surface area contributed by atoms with Crippen LogP contribution in [0.3, 0.4) is 0 Å². The topological polar surface area (TPSA) is 57.6 Å². The van der Waals surface area contributed by atoms with Crippen molar-refractivity contribution in [2.75, 3.05) is 6.54 Å². The van der Waals surface area contributed by atoms with E-state index < -0.39 is 23.7 Å². The number of halogens is 1. The zero-order chi connectivity index (χ0) is 14.0. The molecule has 0 bridgehead atoms. The van der Waals surface area contributed by atoms with Crippen LogP contribution in [0.1, 0.15) is 35.2 Å². The Morgan fingerprint density at radius 1 is 1.32 bits per heavy atom. The van der Waals surface area contributed by atoms with Crippen molar-refractivity contribution in [3.8, 4) is 0 Å². The van der Waals surface area contributed by atoms with E-state index in [4.69, 9.17) is 5.11 Å². The van der Waals surface area contributed by atoms with Gasteiger partial charge in [-0.15, -0.1) is 0 Å². The highest BCUT2D eigenvalue weighted by atomic mass is 19.1. The van der Waals surface area contributed by atoms with Crippen molar-refractivity contribution in [1.29, 1.82) is 0 Å². The smallest absolute Gasteiger partial charge is 0.326 e. The number of carboxylic acid groups (broad SMARTS) is 1. The first-order valence-corrected chi connectivity index (χ1v) is 6.30. The molecule has 5 heteroatoms. The third kappa shape index (κ3) is 2.92. The predicted octanol–water partition coefficient (Wildman–Crippen LogP) is 2.21. The fourth-order valence-electron chi connectivity index (χ4n) is 2.46. The number of likely N-dealkylation sites (tertiary alicyclic amines) is 1. The number of rotatable bonds is 2. The zero-order valence-electron chi connectivity index (χ0n) is 10.7. The summed E-state index contributed by atoms with van der Waals surface area (Å²) >= 11 is 0. The Morgan fingerprint density at radius 3 is 2.68 bits per heavy atom. The molecule has 102 valence electrons. The summed E-state index contributed by atoms with van der Waals surface area (Å²) < 4.78 is 13.3. The number of piperidine rings is 1. The lowest BCUT2D eigenvalue weighted by molar-refractivity contribution is -0.143. The SMILES string of the molecule is Cc1cc(F)cc(C(=O)N2CCCC[C@H]2C(=O)O)c1. The quantitative estimate of drug-likeness (QED) is 0.892. The van der Waals surface area contributed by atoms with Gasteiger partial charge in [-0.3, -0.25) is 4.79 Å². The van der Waals surface area contributed by atoms with Crippen LogP contribution in [-0.2, 0) is 4.79 Å². The molecule has 1 amide bonds. The molecule has 0 saturated carbocycles. The van der Waals surface area contributed by atoms with Gasteiger partial charge in [0.15, 0.2) is 0 Å². The second kappa shape index (κ2) is 5.38. The summed E-state index contributed by atoms with van der Waals surface area (Å²) in [6.45, 7) is 2.11. The van der Waals surface area contributed by atoms with Crippen LogP contribution in [0, 0.1) is 12.7 Å². The van der Waals surface area contributed by atoms with Crippen molar-refractivity contribution in [3.05, 3.63) is 35.1 Å². The lowest BCUT2D eigenvalue weighted by atomic mass is 10.0. The van der Waals surface area contributed by atoms with Crippen LogP contribution >= 0.6 is 0 Å². The van der Waals surface area contributed by atoms with Crippen LogP contribution in [0.15, 0.2) is 18.2 Å². The van der Waals surface area contributed by atoms with Gasteiger partial charge in [-0.05, 0) is 49.9 Å². The van der Waals surface area contributed by atoms with Crippen molar-refractivity contribution in [3.63, 3.8) is 0 Å². The monoisotopic (exact) mass is 265 g/mol. The lowest BCUT2D eigenvalue weighted by Gasteiger charge is -2.33.